The second-order valence-corrected chi connectivity index (χ2v) is 6.40. The maximum atomic E-state index is 12.5. The first-order valence-electron chi connectivity index (χ1n) is 7.56. The van der Waals surface area contributed by atoms with E-state index in [0.717, 1.165) is 19.3 Å². The summed E-state index contributed by atoms with van der Waals surface area (Å²) in [6.45, 7) is 4.27. The van der Waals surface area contributed by atoms with Crippen molar-refractivity contribution in [2.24, 2.45) is 23.5 Å². The van der Waals surface area contributed by atoms with E-state index in [1.165, 1.54) is 19.3 Å². The lowest BCUT2D eigenvalue weighted by Gasteiger charge is -2.44. The first kappa shape index (κ1) is 13.9. The van der Waals surface area contributed by atoms with Crippen LogP contribution in [0.25, 0.3) is 0 Å². The first-order chi connectivity index (χ1) is 8.54. The summed E-state index contributed by atoms with van der Waals surface area (Å²) in [6, 6.07) is 0.713. The predicted octanol–water partition coefficient (Wildman–Crippen LogP) is 2.40. The minimum Gasteiger partial charge on any atom is -0.343 e. The third kappa shape index (κ3) is 2.56. The molecule has 0 heterocycles. The average molecular weight is 252 g/mol. The smallest absolute Gasteiger partial charge is 0.225 e. The molecule has 2 N–H and O–H groups in total. The van der Waals surface area contributed by atoms with Gasteiger partial charge >= 0.3 is 0 Å². The van der Waals surface area contributed by atoms with Gasteiger partial charge in [-0.25, -0.2) is 0 Å². The molecule has 3 nitrogen and oxygen atoms in total. The molecule has 0 aromatic rings. The lowest BCUT2D eigenvalue weighted by atomic mass is 9.65. The van der Waals surface area contributed by atoms with Gasteiger partial charge in [0.05, 0.1) is 0 Å². The van der Waals surface area contributed by atoms with E-state index in [1.54, 1.807) is 0 Å². The van der Waals surface area contributed by atoms with E-state index in [4.69, 9.17) is 5.73 Å². The summed E-state index contributed by atoms with van der Waals surface area (Å²) >= 11 is 0. The number of rotatable bonds is 3. The molecule has 2 aliphatic carbocycles. The fourth-order valence-corrected chi connectivity index (χ4v) is 3.77. The van der Waals surface area contributed by atoms with Gasteiger partial charge in [0.15, 0.2) is 0 Å². The summed E-state index contributed by atoms with van der Waals surface area (Å²) in [6.07, 6.45) is 6.85. The van der Waals surface area contributed by atoms with Crippen LogP contribution in [0.1, 0.15) is 52.4 Å². The molecule has 2 aliphatic rings. The number of fused-ring (bicyclic) bond motifs is 2. The highest BCUT2D eigenvalue weighted by Crippen LogP contribution is 2.42. The van der Waals surface area contributed by atoms with Crippen molar-refractivity contribution >= 4 is 5.91 Å². The summed E-state index contributed by atoms with van der Waals surface area (Å²) in [5.41, 5.74) is 6.28. The SMILES string of the molecule is CCC(C)N(C)C(=O)C1CC2CCCC(C1)C2N. The van der Waals surface area contributed by atoms with E-state index in [0.29, 0.717) is 29.8 Å². The van der Waals surface area contributed by atoms with E-state index >= 15 is 0 Å². The monoisotopic (exact) mass is 252 g/mol. The van der Waals surface area contributed by atoms with Crippen LogP contribution in [0, 0.1) is 17.8 Å². The maximum absolute atomic E-state index is 12.5. The van der Waals surface area contributed by atoms with Crippen molar-refractivity contribution in [2.45, 2.75) is 64.5 Å². The lowest BCUT2D eigenvalue weighted by Crippen LogP contribution is -2.50. The van der Waals surface area contributed by atoms with Gasteiger partial charge in [-0.1, -0.05) is 13.3 Å². The van der Waals surface area contributed by atoms with Gasteiger partial charge < -0.3 is 10.6 Å². The van der Waals surface area contributed by atoms with E-state index < -0.39 is 0 Å². The van der Waals surface area contributed by atoms with Crippen LogP contribution in [0.4, 0.5) is 0 Å². The number of hydrogen-bond acceptors (Lipinski definition) is 2. The van der Waals surface area contributed by atoms with Crippen LogP contribution >= 0.6 is 0 Å². The Morgan fingerprint density at radius 1 is 1.33 bits per heavy atom. The van der Waals surface area contributed by atoms with Crippen molar-refractivity contribution in [3.8, 4) is 0 Å². The molecular formula is C15H28N2O. The molecule has 0 spiro atoms. The molecule has 3 heteroatoms. The quantitative estimate of drug-likeness (QED) is 0.838. The van der Waals surface area contributed by atoms with Crippen LogP contribution < -0.4 is 5.73 Å². The maximum Gasteiger partial charge on any atom is 0.225 e. The van der Waals surface area contributed by atoms with Gasteiger partial charge in [0.25, 0.3) is 0 Å². The number of carbonyl (C=O) groups excluding carboxylic acids is 1. The van der Waals surface area contributed by atoms with Crippen LogP contribution in [-0.2, 0) is 4.79 Å². The third-order valence-electron chi connectivity index (χ3n) is 5.36. The molecule has 0 radical (unpaired) electrons. The number of amides is 1. The highest BCUT2D eigenvalue weighted by Gasteiger charge is 2.41. The summed E-state index contributed by atoms with van der Waals surface area (Å²) in [5.74, 6) is 1.78. The summed E-state index contributed by atoms with van der Waals surface area (Å²) in [5, 5.41) is 0. The normalized spacial score (nSPS) is 37.1. The van der Waals surface area contributed by atoms with Gasteiger partial charge in [0.2, 0.25) is 5.91 Å². The van der Waals surface area contributed by atoms with Crippen molar-refractivity contribution in [1.82, 2.24) is 4.90 Å². The Bertz CT molecular complexity index is 291. The van der Waals surface area contributed by atoms with E-state index in [1.807, 2.05) is 11.9 Å². The Morgan fingerprint density at radius 2 is 1.89 bits per heavy atom. The molecule has 2 rings (SSSR count). The summed E-state index contributed by atoms with van der Waals surface area (Å²) in [4.78, 5) is 14.5. The fraction of sp³-hybridized carbons (Fsp3) is 0.933. The highest BCUT2D eigenvalue weighted by molar-refractivity contribution is 5.79. The number of nitrogens with two attached hydrogens (primary N) is 1. The second-order valence-electron chi connectivity index (χ2n) is 6.40. The van der Waals surface area contributed by atoms with Crippen molar-refractivity contribution < 1.29 is 4.79 Å². The molecule has 0 saturated heterocycles. The molecule has 0 aromatic heterocycles. The Morgan fingerprint density at radius 3 is 2.39 bits per heavy atom. The minimum atomic E-state index is 0.235. The zero-order chi connectivity index (χ0) is 13.3. The second kappa shape index (κ2) is 5.60. The molecule has 3 unspecified atom stereocenters. The molecule has 1 amide bonds. The van der Waals surface area contributed by atoms with Gasteiger partial charge in [0, 0.05) is 25.0 Å². The van der Waals surface area contributed by atoms with E-state index in [9.17, 15) is 4.79 Å². The average Bonchev–Trinajstić information content (AvgIpc) is 2.35. The summed E-state index contributed by atoms with van der Waals surface area (Å²) in [7, 11) is 1.96. The molecule has 0 aliphatic heterocycles. The van der Waals surface area contributed by atoms with Gasteiger partial charge in [-0.05, 0) is 50.9 Å². The Labute approximate surface area is 111 Å². The van der Waals surface area contributed by atoms with Crippen LogP contribution in [0.5, 0.6) is 0 Å². The van der Waals surface area contributed by atoms with Gasteiger partial charge in [-0.3, -0.25) is 4.79 Å². The number of carbonyl (C=O) groups is 1. The van der Waals surface area contributed by atoms with E-state index in [2.05, 4.69) is 13.8 Å². The van der Waals surface area contributed by atoms with Crippen LogP contribution in [-0.4, -0.2) is 29.9 Å². The fourth-order valence-electron chi connectivity index (χ4n) is 3.77. The third-order valence-corrected chi connectivity index (χ3v) is 5.36. The number of hydrogen-bond donors (Lipinski definition) is 1. The molecule has 0 aromatic carbocycles. The zero-order valence-corrected chi connectivity index (χ0v) is 12.1. The standard InChI is InChI=1S/C15H28N2O/c1-4-10(2)17(3)15(18)13-8-11-6-5-7-12(9-13)14(11)16/h10-14H,4-9,16H2,1-3H3. The topological polar surface area (TPSA) is 46.3 Å². The highest BCUT2D eigenvalue weighted by atomic mass is 16.2. The Kier molecular flexibility index (Phi) is 4.31. The minimum absolute atomic E-state index is 0.235. The molecule has 2 bridgehead atoms. The van der Waals surface area contributed by atoms with Crippen molar-refractivity contribution in [3.63, 3.8) is 0 Å². The first-order valence-corrected chi connectivity index (χ1v) is 7.56. The zero-order valence-electron chi connectivity index (χ0n) is 12.1. The van der Waals surface area contributed by atoms with Crippen LogP contribution in [0.2, 0.25) is 0 Å². The molecular weight excluding hydrogens is 224 g/mol. The van der Waals surface area contributed by atoms with Crippen LogP contribution in [0.15, 0.2) is 0 Å². The molecule has 104 valence electrons. The largest absolute Gasteiger partial charge is 0.343 e. The van der Waals surface area contributed by atoms with Gasteiger partial charge in [0.1, 0.15) is 0 Å². The lowest BCUT2D eigenvalue weighted by molar-refractivity contribution is -0.139. The van der Waals surface area contributed by atoms with Gasteiger partial charge in [-0.15, -0.1) is 0 Å². The van der Waals surface area contributed by atoms with Crippen molar-refractivity contribution in [3.05, 3.63) is 0 Å². The van der Waals surface area contributed by atoms with Gasteiger partial charge in [-0.2, -0.15) is 0 Å². The molecule has 2 fully saturated rings. The molecule has 18 heavy (non-hydrogen) atoms. The van der Waals surface area contributed by atoms with Crippen LogP contribution in [0.3, 0.4) is 0 Å². The summed E-state index contributed by atoms with van der Waals surface area (Å²) < 4.78 is 0. The van der Waals surface area contributed by atoms with E-state index in [-0.39, 0.29) is 5.92 Å². The molecule has 3 atom stereocenters. The number of nitrogens with zero attached hydrogens (tertiary/aromatic N) is 1. The Hall–Kier alpha value is -0.570. The molecule has 2 saturated carbocycles. The Balaban J connectivity index is 2.00. The van der Waals surface area contributed by atoms with Crippen molar-refractivity contribution in [1.29, 1.82) is 0 Å². The predicted molar refractivity (Wildman–Crippen MR) is 74.1 cm³/mol. The van der Waals surface area contributed by atoms with Crippen molar-refractivity contribution in [2.75, 3.05) is 7.05 Å².